The molecular weight excluding hydrogens is 178 g/mol. The second-order valence-electron chi connectivity index (χ2n) is 2.42. The number of ketones is 1. The van der Waals surface area contributed by atoms with E-state index < -0.39 is 0 Å². The van der Waals surface area contributed by atoms with Crippen LogP contribution in [0.25, 0.3) is 0 Å². The molecule has 0 amide bonds. The summed E-state index contributed by atoms with van der Waals surface area (Å²) in [6.07, 6.45) is 1.61. The van der Waals surface area contributed by atoms with E-state index in [2.05, 4.69) is 4.98 Å². The first kappa shape index (κ1) is 15.3. The normalized spacial score (nSPS) is 8.36. The molecular formula is C10H21N3O. The smallest absolute Gasteiger partial charge is 0.194 e. The number of hydrogen-bond acceptors (Lipinski definition) is 3. The lowest BCUT2D eigenvalue weighted by Gasteiger charge is -1.98. The van der Waals surface area contributed by atoms with Gasteiger partial charge in [0.1, 0.15) is 5.69 Å². The lowest BCUT2D eigenvalue weighted by Crippen LogP contribution is -2.17. The van der Waals surface area contributed by atoms with Gasteiger partial charge in [-0.3, -0.25) is 4.79 Å². The van der Waals surface area contributed by atoms with Crippen molar-refractivity contribution in [3.63, 3.8) is 0 Å². The van der Waals surface area contributed by atoms with E-state index in [1.807, 2.05) is 13.8 Å². The average Bonchev–Trinajstić information content (AvgIpc) is 2.49. The summed E-state index contributed by atoms with van der Waals surface area (Å²) in [5.74, 6) is -0.0671. The van der Waals surface area contributed by atoms with Crippen LogP contribution in [0.15, 0.2) is 6.33 Å². The van der Waals surface area contributed by atoms with Crippen molar-refractivity contribution >= 4 is 5.78 Å². The van der Waals surface area contributed by atoms with E-state index in [-0.39, 0.29) is 19.8 Å². The van der Waals surface area contributed by atoms with Gasteiger partial charge in [-0.25, -0.2) is 4.98 Å². The van der Waals surface area contributed by atoms with Crippen molar-refractivity contribution in [3.05, 3.63) is 17.7 Å². The number of hydrogen-bond donors (Lipinski definition) is 1. The fraction of sp³-hybridized carbons (Fsp3) is 0.600. The third-order valence-electron chi connectivity index (χ3n) is 1.57. The lowest BCUT2D eigenvalue weighted by atomic mass is 10.2. The molecule has 0 atom stereocenters. The van der Waals surface area contributed by atoms with Crippen LogP contribution in [0.5, 0.6) is 0 Å². The second kappa shape index (κ2) is 7.26. The average molecular weight is 199 g/mol. The molecule has 1 aromatic rings. The fourth-order valence-electron chi connectivity index (χ4n) is 1.04. The van der Waals surface area contributed by atoms with E-state index in [9.17, 15) is 4.79 Å². The largest absolute Gasteiger partial charge is 0.331 e. The zero-order valence-corrected chi connectivity index (χ0v) is 8.66. The minimum Gasteiger partial charge on any atom is -0.331 e. The minimum atomic E-state index is -0.0671. The van der Waals surface area contributed by atoms with Crippen molar-refractivity contribution in [2.24, 2.45) is 12.8 Å². The Morgan fingerprint density at radius 2 is 2.07 bits per heavy atom. The van der Waals surface area contributed by atoms with E-state index >= 15 is 0 Å². The SMILES string of the molecule is C.CC.Cc1ncn(C)c1C(=O)CN. The lowest BCUT2D eigenvalue weighted by molar-refractivity contribution is 0.0993. The second-order valence-corrected chi connectivity index (χ2v) is 2.42. The highest BCUT2D eigenvalue weighted by atomic mass is 16.1. The van der Waals surface area contributed by atoms with Crippen LogP contribution in [0.2, 0.25) is 0 Å². The van der Waals surface area contributed by atoms with E-state index in [1.54, 1.807) is 24.9 Å². The maximum Gasteiger partial charge on any atom is 0.194 e. The van der Waals surface area contributed by atoms with Crippen molar-refractivity contribution in [2.45, 2.75) is 28.2 Å². The predicted octanol–water partition coefficient (Wildman–Crippen LogP) is 1.53. The zero-order chi connectivity index (χ0) is 10.4. The summed E-state index contributed by atoms with van der Waals surface area (Å²) in [6.45, 7) is 5.84. The molecule has 1 rings (SSSR count). The predicted molar refractivity (Wildman–Crippen MR) is 59.4 cm³/mol. The standard InChI is InChI=1S/C7H11N3O.C2H6.CH4/c1-5-7(6(11)3-8)10(2)4-9-5;1-2;/h4H,3,8H2,1-2H3;1-2H3;1H4. The number of carbonyl (C=O) groups is 1. The molecule has 0 aliphatic heterocycles. The van der Waals surface area contributed by atoms with Gasteiger partial charge in [-0.1, -0.05) is 21.3 Å². The molecule has 0 aromatic carbocycles. The molecule has 0 saturated heterocycles. The van der Waals surface area contributed by atoms with Crippen molar-refractivity contribution in [1.82, 2.24) is 9.55 Å². The van der Waals surface area contributed by atoms with Gasteiger partial charge in [-0.15, -0.1) is 0 Å². The number of aryl methyl sites for hydroxylation is 2. The zero-order valence-electron chi connectivity index (χ0n) is 8.66. The van der Waals surface area contributed by atoms with Crippen LogP contribution < -0.4 is 5.73 Å². The van der Waals surface area contributed by atoms with E-state index in [1.165, 1.54) is 0 Å². The summed E-state index contributed by atoms with van der Waals surface area (Å²) in [4.78, 5) is 15.1. The molecule has 0 aliphatic carbocycles. The van der Waals surface area contributed by atoms with Gasteiger partial charge in [-0.2, -0.15) is 0 Å². The number of nitrogens with zero attached hydrogens (tertiary/aromatic N) is 2. The van der Waals surface area contributed by atoms with E-state index in [0.717, 1.165) is 5.69 Å². The molecule has 0 spiro atoms. The minimum absolute atomic E-state index is 0. The molecule has 14 heavy (non-hydrogen) atoms. The Morgan fingerprint density at radius 1 is 1.57 bits per heavy atom. The molecule has 0 fully saturated rings. The maximum absolute atomic E-state index is 11.1. The first-order valence-corrected chi connectivity index (χ1v) is 4.38. The molecule has 0 radical (unpaired) electrons. The van der Waals surface area contributed by atoms with Crippen LogP contribution in [-0.4, -0.2) is 21.9 Å². The monoisotopic (exact) mass is 199 g/mol. The first-order chi connectivity index (χ1) is 6.16. The molecule has 0 aliphatic rings. The number of nitrogens with two attached hydrogens (primary N) is 1. The number of Topliss-reactive ketones (excluding diaryl/α,β-unsaturated/α-hetero) is 1. The third-order valence-corrected chi connectivity index (χ3v) is 1.57. The van der Waals surface area contributed by atoms with Crippen LogP contribution in [0.1, 0.15) is 37.5 Å². The van der Waals surface area contributed by atoms with Gasteiger partial charge >= 0.3 is 0 Å². The number of aromatic nitrogens is 2. The molecule has 1 heterocycles. The molecule has 0 unspecified atom stereocenters. The summed E-state index contributed by atoms with van der Waals surface area (Å²) in [6, 6.07) is 0. The van der Waals surface area contributed by atoms with Gasteiger partial charge in [0.05, 0.1) is 18.6 Å². The molecule has 2 N–H and O–H groups in total. The number of imidazole rings is 1. The van der Waals surface area contributed by atoms with Crippen molar-refractivity contribution in [3.8, 4) is 0 Å². The Hall–Kier alpha value is -1.16. The van der Waals surface area contributed by atoms with E-state index in [4.69, 9.17) is 5.73 Å². The van der Waals surface area contributed by atoms with Gasteiger partial charge < -0.3 is 10.3 Å². The third kappa shape index (κ3) is 3.30. The van der Waals surface area contributed by atoms with Gasteiger partial charge in [0, 0.05) is 7.05 Å². The molecule has 4 heteroatoms. The summed E-state index contributed by atoms with van der Waals surface area (Å²) in [5, 5.41) is 0. The summed E-state index contributed by atoms with van der Waals surface area (Å²) < 4.78 is 1.69. The summed E-state index contributed by atoms with van der Waals surface area (Å²) in [7, 11) is 1.78. The van der Waals surface area contributed by atoms with Crippen LogP contribution in [0.4, 0.5) is 0 Å². The Kier molecular flexibility index (Phi) is 7.95. The first-order valence-electron chi connectivity index (χ1n) is 4.38. The van der Waals surface area contributed by atoms with Crippen LogP contribution in [-0.2, 0) is 7.05 Å². The Bertz CT molecular complexity index is 259. The summed E-state index contributed by atoms with van der Waals surface area (Å²) in [5.41, 5.74) is 6.55. The number of carbonyl (C=O) groups excluding carboxylic acids is 1. The van der Waals surface area contributed by atoms with Crippen LogP contribution in [0.3, 0.4) is 0 Å². The van der Waals surface area contributed by atoms with E-state index in [0.29, 0.717) is 5.69 Å². The highest BCUT2D eigenvalue weighted by Gasteiger charge is 2.11. The van der Waals surface area contributed by atoms with Crippen molar-refractivity contribution in [1.29, 1.82) is 0 Å². The Labute approximate surface area is 86.1 Å². The Morgan fingerprint density at radius 3 is 2.36 bits per heavy atom. The van der Waals surface area contributed by atoms with Gasteiger partial charge in [-0.05, 0) is 6.92 Å². The molecule has 0 saturated carbocycles. The highest BCUT2D eigenvalue weighted by Crippen LogP contribution is 2.03. The molecule has 82 valence electrons. The van der Waals surface area contributed by atoms with Crippen molar-refractivity contribution in [2.75, 3.05) is 6.54 Å². The quantitative estimate of drug-likeness (QED) is 0.735. The van der Waals surface area contributed by atoms with Crippen molar-refractivity contribution < 1.29 is 4.79 Å². The molecule has 4 nitrogen and oxygen atoms in total. The Balaban J connectivity index is 0. The fourth-order valence-corrected chi connectivity index (χ4v) is 1.04. The maximum atomic E-state index is 11.1. The van der Waals surface area contributed by atoms with Gasteiger partial charge in [0.2, 0.25) is 0 Å². The van der Waals surface area contributed by atoms with Crippen LogP contribution >= 0.6 is 0 Å². The van der Waals surface area contributed by atoms with Gasteiger partial charge in [0.15, 0.2) is 5.78 Å². The number of rotatable bonds is 2. The van der Waals surface area contributed by atoms with Gasteiger partial charge in [0.25, 0.3) is 0 Å². The highest BCUT2D eigenvalue weighted by molar-refractivity contribution is 5.96. The van der Waals surface area contributed by atoms with Crippen LogP contribution in [0, 0.1) is 6.92 Å². The molecule has 1 aromatic heterocycles. The topological polar surface area (TPSA) is 60.9 Å². The molecule has 0 bridgehead atoms. The summed E-state index contributed by atoms with van der Waals surface area (Å²) >= 11 is 0.